The number of carbonyl (C=O) groups excluding carboxylic acids is 1. The van der Waals surface area contributed by atoms with Crippen molar-refractivity contribution in [1.82, 2.24) is 0 Å². The molecule has 0 heterocycles. The second kappa shape index (κ2) is 10.6. The summed E-state index contributed by atoms with van der Waals surface area (Å²) < 4.78 is 6.33. The molecular weight excluding hydrogens is 578 g/mol. The smallest absolute Gasteiger partial charge is 0.309 e. The maximum atomic E-state index is 11.6. The van der Waals surface area contributed by atoms with E-state index < -0.39 is 17.6 Å². The zero-order valence-corrected chi connectivity index (χ0v) is 19.4. The van der Waals surface area contributed by atoms with Crippen LogP contribution < -0.4 is 5.90 Å². The van der Waals surface area contributed by atoms with Crippen LogP contribution in [0.15, 0.2) is 91.0 Å². The molecule has 0 fully saturated rings. The summed E-state index contributed by atoms with van der Waals surface area (Å²) in [6.07, 6.45) is 0. The zero-order valence-electron chi connectivity index (χ0n) is 15.2. The van der Waals surface area contributed by atoms with Gasteiger partial charge in [-0.15, -0.1) is 0 Å². The van der Waals surface area contributed by atoms with Crippen molar-refractivity contribution in [2.45, 2.75) is 11.6 Å². The van der Waals surface area contributed by atoms with Crippen molar-refractivity contribution in [3.63, 3.8) is 0 Å². The summed E-state index contributed by atoms with van der Waals surface area (Å²) in [7, 11) is 0. The van der Waals surface area contributed by atoms with Crippen molar-refractivity contribution in [1.29, 1.82) is 0 Å². The molecule has 0 spiro atoms. The summed E-state index contributed by atoms with van der Waals surface area (Å²) >= 11 is 0. The Morgan fingerprint density at radius 3 is 1.50 bits per heavy atom. The molecule has 6 heteroatoms. The molecule has 5 nitrogen and oxygen atoms in total. The first-order valence-corrected chi connectivity index (χ1v) is 8.60. The second-order valence-corrected chi connectivity index (χ2v) is 6.08. The fraction of sp³-hybridized carbons (Fsp3) is 0.136. The quantitative estimate of drug-likeness (QED) is 0.331. The number of nitrogens with two attached hydrogens (primary N) is 1. The molecule has 1 atom stereocenters. The SMILES string of the molecule is [NH-][C@H](COC(c1ccccc1)(c1ccccc1)c1ccccc1)C(=O)ON.[U]. The van der Waals surface area contributed by atoms with Crippen molar-refractivity contribution in [2.75, 3.05) is 6.61 Å². The van der Waals surface area contributed by atoms with E-state index in [1.807, 2.05) is 91.0 Å². The van der Waals surface area contributed by atoms with Gasteiger partial charge in [0.15, 0.2) is 0 Å². The summed E-state index contributed by atoms with van der Waals surface area (Å²) in [5.74, 6) is 4.09. The third kappa shape index (κ3) is 4.72. The monoisotopic (exact) mass is 599 g/mol. The Morgan fingerprint density at radius 1 is 0.821 bits per heavy atom. The van der Waals surface area contributed by atoms with Crippen LogP contribution in [0.5, 0.6) is 0 Å². The molecule has 0 saturated carbocycles. The normalized spacial score (nSPS) is 11.9. The largest absolute Gasteiger partial charge is 0.663 e. The molecule has 0 aliphatic carbocycles. The Morgan fingerprint density at radius 2 is 1.18 bits per heavy atom. The Hall–Kier alpha value is -1.94. The first-order valence-electron chi connectivity index (χ1n) is 8.60. The topological polar surface area (TPSA) is 85.3 Å². The standard InChI is InChI=1S/C22H21N2O3.U/c23-20(21(25)27-24)16-26-22(17-10-4-1-5-11-17,18-12-6-2-7-13-18)19-14-8-3-9-15-19;/h1-15,20,23H,16,24H2;/q-1;/t20-;/m1./s1. The van der Waals surface area contributed by atoms with Crippen LogP contribution in [0.2, 0.25) is 0 Å². The minimum absolute atomic E-state index is 0. The van der Waals surface area contributed by atoms with Gasteiger partial charge in [0.2, 0.25) is 0 Å². The first kappa shape index (κ1) is 22.4. The summed E-state index contributed by atoms with van der Waals surface area (Å²) in [6, 6.07) is 28.0. The van der Waals surface area contributed by atoms with Crippen LogP contribution in [0.25, 0.3) is 5.73 Å². The number of hydrogen-bond donors (Lipinski definition) is 1. The maximum Gasteiger partial charge on any atom is 0.309 e. The van der Waals surface area contributed by atoms with E-state index in [4.69, 9.17) is 16.4 Å². The van der Waals surface area contributed by atoms with E-state index in [1.54, 1.807) is 0 Å². The average Bonchev–Trinajstić information content (AvgIpc) is 2.75. The van der Waals surface area contributed by atoms with E-state index in [2.05, 4.69) is 4.84 Å². The van der Waals surface area contributed by atoms with Crippen LogP contribution in [0, 0.1) is 31.1 Å². The average molecular weight is 599 g/mol. The van der Waals surface area contributed by atoms with Gasteiger partial charge < -0.3 is 15.3 Å². The minimum Gasteiger partial charge on any atom is -0.663 e. The van der Waals surface area contributed by atoms with Crippen molar-refractivity contribution in [3.05, 3.63) is 113 Å². The van der Waals surface area contributed by atoms with Crippen LogP contribution in [0.1, 0.15) is 16.7 Å². The maximum absolute atomic E-state index is 11.6. The van der Waals surface area contributed by atoms with Gasteiger partial charge in [0, 0.05) is 37.7 Å². The van der Waals surface area contributed by atoms with E-state index >= 15 is 0 Å². The van der Waals surface area contributed by atoms with Crippen LogP contribution in [0.3, 0.4) is 0 Å². The van der Waals surface area contributed by atoms with E-state index in [0.29, 0.717) is 0 Å². The van der Waals surface area contributed by atoms with Crippen LogP contribution in [-0.2, 0) is 20.0 Å². The molecule has 28 heavy (non-hydrogen) atoms. The van der Waals surface area contributed by atoms with Crippen molar-refractivity contribution in [2.24, 2.45) is 5.90 Å². The van der Waals surface area contributed by atoms with Gasteiger partial charge >= 0.3 is 5.97 Å². The number of nitrogens with one attached hydrogen (secondary N) is 1. The van der Waals surface area contributed by atoms with Crippen molar-refractivity contribution in [3.8, 4) is 0 Å². The number of ether oxygens (including phenoxy) is 1. The van der Waals surface area contributed by atoms with Gasteiger partial charge in [0.1, 0.15) is 5.60 Å². The van der Waals surface area contributed by atoms with Gasteiger partial charge in [-0.1, -0.05) is 91.0 Å². The summed E-state index contributed by atoms with van der Waals surface area (Å²) in [4.78, 5) is 15.8. The Balaban J connectivity index is 0.00000280. The van der Waals surface area contributed by atoms with Gasteiger partial charge in [-0.25, -0.2) is 0 Å². The number of rotatable bonds is 7. The van der Waals surface area contributed by atoms with Crippen LogP contribution >= 0.6 is 0 Å². The minimum atomic E-state index is -1.24. The summed E-state index contributed by atoms with van der Waals surface area (Å²) in [5.41, 5.74) is 9.69. The third-order valence-electron chi connectivity index (χ3n) is 4.41. The molecule has 0 radical (unpaired) electrons. The number of hydrogen-bond acceptors (Lipinski definition) is 4. The van der Waals surface area contributed by atoms with E-state index in [0.717, 1.165) is 16.7 Å². The number of benzene rings is 3. The Labute approximate surface area is 188 Å². The zero-order chi connectivity index (χ0) is 19.1. The number of carbonyl (C=O) groups is 1. The molecular formula is C22H21N2O3U-. The molecule has 3 aromatic rings. The molecule has 0 unspecified atom stereocenters. The molecule has 142 valence electrons. The fourth-order valence-electron chi connectivity index (χ4n) is 3.13. The summed E-state index contributed by atoms with van der Waals surface area (Å²) in [5, 5.41) is 0. The molecule has 0 bridgehead atoms. The molecule has 0 saturated heterocycles. The Bertz CT molecular complexity index is 764. The van der Waals surface area contributed by atoms with Gasteiger partial charge in [-0.05, 0) is 22.7 Å². The van der Waals surface area contributed by atoms with Crippen LogP contribution in [-0.4, -0.2) is 18.6 Å². The van der Waals surface area contributed by atoms with E-state index in [9.17, 15) is 4.79 Å². The van der Waals surface area contributed by atoms with Crippen molar-refractivity contribution < 1.29 is 45.5 Å². The van der Waals surface area contributed by atoms with Gasteiger partial charge in [-0.2, -0.15) is 5.90 Å². The Kier molecular flexibility index (Phi) is 8.43. The molecule has 0 amide bonds. The predicted molar refractivity (Wildman–Crippen MR) is 104 cm³/mol. The molecule has 0 aliphatic heterocycles. The molecule has 3 rings (SSSR count). The van der Waals surface area contributed by atoms with Crippen molar-refractivity contribution >= 4 is 5.97 Å². The van der Waals surface area contributed by atoms with E-state index in [1.165, 1.54) is 0 Å². The first-order chi connectivity index (χ1) is 13.2. The molecule has 3 N–H and O–H groups in total. The van der Waals surface area contributed by atoms with Crippen LogP contribution in [0.4, 0.5) is 0 Å². The van der Waals surface area contributed by atoms with Gasteiger partial charge in [0.05, 0.1) is 0 Å². The molecule has 3 aromatic carbocycles. The van der Waals surface area contributed by atoms with E-state index in [-0.39, 0.29) is 37.7 Å². The third-order valence-corrected chi connectivity index (χ3v) is 4.41. The van der Waals surface area contributed by atoms with Gasteiger partial charge in [-0.3, -0.25) is 4.79 Å². The summed E-state index contributed by atoms with van der Waals surface area (Å²) in [6.45, 7) is -0.172. The fourth-order valence-corrected chi connectivity index (χ4v) is 3.13. The molecule has 0 aliphatic rings. The van der Waals surface area contributed by atoms with Gasteiger partial charge in [0.25, 0.3) is 0 Å². The second-order valence-electron chi connectivity index (χ2n) is 6.08. The predicted octanol–water partition coefficient (Wildman–Crippen LogP) is 3.83. The molecule has 0 aromatic heterocycles.